The van der Waals surface area contributed by atoms with Crippen LogP contribution in [0.25, 0.3) is 22.7 Å². The smallest absolute Gasteiger partial charge is 0.175 e. The average molecular weight is 574 g/mol. The van der Waals surface area contributed by atoms with E-state index < -0.39 is 0 Å². The number of aromatic amines is 1. The summed E-state index contributed by atoms with van der Waals surface area (Å²) in [7, 11) is 0. The quantitative estimate of drug-likeness (QED) is 0.191. The summed E-state index contributed by atoms with van der Waals surface area (Å²) >= 11 is 8.42. The summed E-state index contributed by atoms with van der Waals surface area (Å²) in [5.74, 6) is 1.16. The molecule has 3 aromatic carbocycles. The fourth-order valence-electron chi connectivity index (χ4n) is 3.27. The van der Waals surface area contributed by atoms with Crippen LogP contribution in [0.3, 0.4) is 0 Å². The number of fused-ring (bicyclic) bond motifs is 1. The van der Waals surface area contributed by atoms with Crippen LogP contribution in [0.2, 0.25) is 5.02 Å². The van der Waals surface area contributed by atoms with E-state index >= 15 is 0 Å². The van der Waals surface area contributed by atoms with E-state index in [-0.39, 0.29) is 5.82 Å². The number of H-pyrrole nitrogens is 1. The summed E-state index contributed by atoms with van der Waals surface area (Å²) in [6, 6.07) is 17.6. The lowest BCUT2D eigenvalue weighted by Gasteiger charge is -2.15. The third kappa shape index (κ3) is 5.29. The van der Waals surface area contributed by atoms with Crippen LogP contribution in [0.15, 0.2) is 54.6 Å². The van der Waals surface area contributed by atoms with Gasteiger partial charge in [-0.15, -0.1) is 0 Å². The van der Waals surface area contributed by atoms with Crippen molar-refractivity contribution in [3.63, 3.8) is 0 Å². The van der Waals surface area contributed by atoms with Crippen molar-refractivity contribution >= 4 is 56.9 Å². The second-order valence-electron chi connectivity index (χ2n) is 7.06. The first kappa shape index (κ1) is 23.1. The maximum atomic E-state index is 13.5. The number of rotatable bonds is 7. The Hall–Kier alpha value is -3.09. The number of halogens is 3. The first-order chi connectivity index (χ1) is 16.0. The molecule has 0 aliphatic heterocycles. The second kappa shape index (κ2) is 10.2. The maximum Gasteiger partial charge on any atom is 0.175 e. The Kier molecular flexibility index (Phi) is 7.16. The highest BCUT2D eigenvalue weighted by Crippen LogP contribution is 2.36. The molecule has 0 amide bonds. The van der Waals surface area contributed by atoms with E-state index in [1.807, 2.05) is 43.3 Å². The van der Waals surface area contributed by atoms with Gasteiger partial charge in [0.25, 0.3) is 0 Å². The second-order valence-corrected chi connectivity index (χ2v) is 8.63. The number of ether oxygens (including phenoxy) is 2. The molecule has 1 N–H and O–H groups in total. The number of hydrogen-bond donors (Lipinski definition) is 1. The van der Waals surface area contributed by atoms with Crippen molar-refractivity contribution in [2.24, 2.45) is 0 Å². The number of hydrogen-bond acceptors (Lipinski definition) is 4. The van der Waals surface area contributed by atoms with Crippen molar-refractivity contribution in [3.8, 4) is 17.6 Å². The molecular weight excluding hydrogens is 556 g/mol. The van der Waals surface area contributed by atoms with E-state index in [4.69, 9.17) is 21.1 Å². The van der Waals surface area contributed by atoms with Gasteiger partial charge in [0.15, 0.2) is 11.5 Å². The van der Waals surface area contributed by atoms with Gasteiger partial charge in [-0.05, 0) is 77.6 Å². The van der Waals surface area contributed by atoms with E-state index in [1.54, 1.807) is 12.1 Å². The zero-order chi connectivity index (χ0) is 23.4. The standard InChI is InChI=1S/C25H18ClFIN3O2/c1-2-32-23-11-15(10-20(28)24(23)33-14-16-5-3-4-6-19(16)26)9-17(13-29)25-30-21-8-7-18(27)12-22(21)31-25/h3-12H,2,14H2,1H3,(H,30,31)/b17-9-. The predicted octanol–water partition coefficient (Wildman–Crippen LogP) is 7.00. The molecule has 0 fully saturated rings. The molecule has 0 aliphatic carbocycles. The third-order valence-corrected chi connectivity index (χ3v) is 5.96. The van der Waals surface area contributed by atoms with Crippen LogP contribution >= 0.6 is 34.2 Å². The molecule has 8 heteroatoms. The molecule has 0 bridgehead atoms. The average Bonchev–Trinajstić information content (AvgIpc) is 3.21. The molecule has 0 radical (unpaired) electrons. The molecule has 166 valence electrons. The molecule has 5 nitrogen and oxygen atoms in total. The van der Waals surface area contributed by atoms with Gasteiger partial charge in [-0.25, -0.2) is 9.37 Å². The SMILES string of the molecule is CCOc1cc(/C=C(/C#N)c2nc3ccc(F)cc3[nH]2)cc(I)c1OCc1ccccc1Cl. The van der Waals surface area contributed by atoms with Gasteiger partial charge in [0, 0.05) is 10.6 Å². The van der Waals surface area contributed by atoms with Gasteiger partial charge in [-0.1, -0.05) is 29.8 Å². The molecule has 0 atom stereocenters. The summed E-state index contributed by atoms with van der Waals surface area (Å²) in [6.45, 7) is 2.64. The highest BCUT2D eigenvalue weighted by molar-refractivity contribution is 14.1. The number of nitrogens with one attached hydrogen (secondary N) is 1. The maximum absolute atomic E-state index is 13.5. The van der Waals surface area contributed by atoms with Crippen molar-refractivity contribution in [2.75, 3.05) is 6.61 Å². The first-order valence-corrected chi connectivity index (χ1v) is 11.5. The van der Waals surface area contributed by atoms with Crippen molar-refractivity contribution in [1.29, 1.82) is 5.26 Å². The van der Waals surface area contributed by atoms with E-state index in [0.29, 0.717) is 52.2 Å². The van der Waals surface area contributed by atoms with Crippen LogP contribution in [0.4, 0.5) is 4.39 Å². The number of aromatic nitrogens is 2. The number of imidazole rings is 1. The number of allylic oxidation sites excluding steroid dienone is 1. The van der Waals surface area contributed by atoms with Crippen molar-refractivity contribution in [2.45, 2.75) is 13.5 Å². The monoisotopic (exact) mass is 573 g/mol. The Balaban J connectivity index is 1.67. The van der Waals surface area contributed by atoms with E-state index in [0.717, 1.165) is 14.7 Å². The molecule has 1 heterocycles. The molecule has 1 aromatic heterocycles. The minimum Gasteiger partial charge on any atom is -0.490 e. The highest BCUT2D eigenvalue weighted by atomic mass is 127. The fraction of sp³-hybridized carbons (Fsp3) is 0.120. The molecule has 0 unspecified atom stereocenters. The van der Waals surface area contributed by atoms with Gasteiger partial charge in [-0.3, -0.25) is 0 Å². The van der Waals surface area contributed by atoms with Crippen LogP contribution in [0.5, 0.6) is 11.5 Å². The van der Waals surface area contributed by atoms with Gasteiger partial charge in [0.05, 0.1) is 26.8 Å². The van der Waals surface area contributed by atoms with Crippen LogP contribution in [0, 0.1) is 20.7 Å². The minimum absolute atomic E-state index is 0.296. The molecule has 33 heavy (non-hydrogen) atoms. The van der Waals surface area contributed by atoms with E-state index in [9.17, 15) is 9.65 Å². The van der Waals surface area contributed by atoms with E-state index in [1.165, 1.54) is 12.1 Å². The lowest BCUT2D eigenvalue weighted by Crippen LogP contribution is -2.02. The summed E-state index contributed by atoms with van der Waals surface area (Å²) in [4.78, 5) is 7.41. The third-order valence-electron chi connectivity index (χ3n) is 4.79. The highest BCUT2D eigenvalue weighted by Gasteiger charge is 2.15. The van der Waals surface area contributed by atoms with Crippen LogP contribution in [-0.2, 0) is 6.61 Å². The Labute approximate surface area is 209 Å². The van der Waals surface area contributed by atoms with Gasteiger partial charge in [0.1, 0.15) is 24.3 Å². The molecule has 0 saturated carbocycles. The number of benzene rings is 3. The predicted molar refractivity (Wildman–Crippen MR) is 136 cm³/mol. The Morgan fingerprint density at radius 2 is 2.03 bits per heavy atom. The van der Waals surface area contributed by atoms with Gasteiger partial charge in [0.2, 0.25) is 0 Å². The normalized spacial score (nSPS) is 11.4. The lowest BCUT2D eigenvalue weighted by molar-refractivity contribution is 0.267. The number of nitriles is 1. The largest absolute Gasteiger partial charge is 0.490 e. The van der Waals surface area contributed by atoms with Crippen molar-refractivity contribution in [3.05, 3.63) is 86.0 Å². The van der Waals surface area contributed by atoms with Crippen molar-refractivity contribution in [1.82, 2.24) is 9.97 Å². The summed E-state index contributed by atoms with van der Waals surface area (Å²) < 4.78 is 26.2. The number of nitrogens with zero attached hydrogens (tertiary/aromatic N) is 2. The van der Waals surface area contributed by atoms with Crippen LogP contribution in [-0.4, -0.2) is 16.6 Å². The Morgan fingerprint density at radius 1 is 1.21 bits per heavy atom. The van der Waals surface area contributed by atoms with Gasteiger partial charge < -0.3 is 14.5 Å². The molecule has 0 aliphatic rings. The first-order valence-electron chi connectivity index (χ1n) is 10.1. The molecule has 4 aromatic rings. The molecule has 4 rings (SSSR count). The van der Waals surface area contributed by atoms with Crippen LogP contribution < -0.4 is 9.47 Å². The summed E-state index contributed by atoms with van der Waals surface area (Å²) in [6.07, 6.45) is 1.70. The minimum atomic E-state index is -0.372. The lowest BCUT2D eigenvalue weighted by atomic mass is 10.1. The summed E-state index contributed by atoms with van der Waals surface area (Å²) in [5, 5.41) is 10.4. The Morgan fingerprint density at radius 3 is 2.79 bits per heavy atom. The van der Waals surface area contributed by atoms with Crippen molar-refractivity contribution < 1.29 is 13.9 Å². The van der Waals surface area contributed by atoms with Gasteiger partial charge >= 0.3 is 0 Å². The topological polar surface area (TPSA) is 70.9 Å². The zero-order valence-electron chi connectivity index (χ0n) is 17.5. The fourth-order valence-corrected chi connectivity index (χ4v) is 4.24. The zero-order valence-corrected chi connectivity index (χ0v) is 20.4. The van der Waals surface area contributed by atoms with E-state index in [2.05, 4.69) is 38.6 Å². The Bertz CT molecular complexity index is 1390. The van der Waals surface area contributed by atoms with Gasteiger partial charge in [-0.2, -0.15) is 5.26 Å². The molecule has 0 spiro atoms. The van der Waals surface area contributed by atoms with Crippen LogP contribution in [0.1, 0.15) is 23.9 Å². The molecular formula is C25H18ClFIN3O2. The molecule has 0 saturated heterocycles. The summed E-state index contributed by atoms with van der Waals surface area (Å²) in [5.41, 5.74) is 3.04.